The number of hydrogen-bond donors (Lipinski definition) is 1. The molecule has 0 saturated carbocycles. The third kappa shape index (κ3) is 5.05. The van der Waals surface area contributed by atoms with Crippen LogP contribution < -0.4 is 4.72 Å². The molecule has 1 aromatic heterocycles. The Morgan fingerprint density at radius 3 is 2.36 bits per heavy atom. The molecule has 2 aromatic carbocycles. The average molecular weight is 400 g/mol. The Hall–Kier alpha value is -2.51. The number of aryl methyl sites for hydroxylation is 2. The maximum atomic E-state index is 12.6. The van der Waals surface area contributed by atoms with Gasteiger partial charge in [0.1, 0.15) is 0 Å². The predicted molar refractivity (Wildman–Crippen MR) is 109 cm³/mol. The van der Waals surface area contributed by atoms with E-state index in [4.69, 9.17) is 4.52 Å². The summed E-state index contributed by atoms with van der Waals surface area (Å²) in [5.74, 6) is 0.855. The van der Waals surface area contributed by atoms with Crippen molar-refractivity contribution >= 4 is 10.0 Å². The van der Waals surface area contributed by atoms with E-state index in [2.05, 4.69) is 46.9 Å². The number of rotatable bonds is 5. The third-order valence-corrected chi connectivity index (χ3v) is 5.70. The zero-order chi connectivity index (χ0) is 20.5. The summed E-state index contributed by atoms with van der Waals surface area (Å²) in [5, 5.41) is 4.05. The Morgan fingerprint density at radius 2 is 1.71 bits per heavy atom. The second kappa shape index (κ2) is 7.48. The second-order valence-electron chi connectivity index (χ2n) is 8.07. The molecule has 0 amide bonds. The van der Waals surface area contributed by atoms with Gasteiger partial charge in [0.15, 0.2) is 5.82 Å². The van der Waals surface area contributed by atoms with Gasteiger partial charge in [0, 0.05) is 17.5 Å². The molecule has 0 saturated heterocycles. The first-order valence-electron chi connectivity index (χ1n) is 9.06. The Balaban J connectivity index is 1.85. The number of nitrogens with one attached hydrogen (secondary N) is 1. The van der Waals surface area contributed by atoms with Crippen LogP contribution in [0.25, 0.3) is 11.5 Å². The van der Waals surface area contributed by atoms with Crippen LogP contribution >= 0.6 is 0 Å². The lowest BCUT2D eigenvalue weighted by Gasteiger charge is -2.20. The Bertz CT molecular complexity index is 1080. The molecule has 148 valence electrons. The molecule has 1 N–H and O–H groups in total. The van der Waals surface area contributed by atoms with E-state index in [0.29, 0.717) is 23.7 Å². The molecule has 6 nitrogen and oxygen atoms in total. The van der Waals surface area contributed by atoms with Gasteiger partial charge in [0.25, 0.3) is 5.89 Å². The molecule has 3 aromatic rings. The van der Waals surface area contributed by atoms with Crippen molar-refractivity contribution in [1.82, 2.24) is 14.9 Å². The average Bonchev–Trinajstić information content (AvgIpc) is 3.00. The molecule has 0 radical (unpaired) electrons. The van der Waals surface area contributed by atoms with Crippen LogP contribution in [0.2, 0.25) is 0 Å². The number of benzene rings is 2. The molecule has 0 aliphatic rings. The largest absolute Gasteiger partial charge is 0.334 e. The van der Waals surface area contributed by atoms with E-state index in [1.165, 1.54) is 11.1 Å². The van der Waals surface area contributed by atoms with Crippen molar-refractivity contribution in [1.29, 1.82) is 0 Å². The van der Waals surface area contributed by atoms with Gasteiger partial charge >= 0.3 is 0 Å². The van der Waals surface area contributed by atoms with E-state index in [-0.39, 0.29) is 4.90 Å². The van der Waals surface area contributed by atoms with Crippen LogP contribution in [0.3, 0.4) is 0 Å². The highest BCUT2D eigenvalue weighted by Gasteiger charge is 2.23. The number of sulfonamides is 1. The highest BCUT2D eigenvalue weighted by Crippen LogP contribution is 2.23. The smallest absolute Gasteiger partial charge is 0.257 e. The maximum Gasteiger partial charge on any atom is 0.257 e. The molecule has 0 fully saturated rings. The number of nitrogens with zero attached hydrogens (tertiary/aromatic N) is 2. The summed E-state index contributed by atoms with van der Waals surface area (Å²) >= 11 is 0. The predicted octanol–water partition coefficient (Wildman–Crippen LogP) is 4.02. The monoisotopic (exact) mass is 399 g/mol. The molecule has 28 heavy (non-hydrogen) atoms. The van der Waals surface area contributed by atoms with Crippen LogP contribution in [0.4, 0.5) is 0 Å². The van der Waals surface area contributed by atoms with Crippen molar-refractivity contribution in [3.05, 3.63) is 65.0 Å². The van der Waals surface area contributed by atoms with E-state index in [9.17, 15) is 8.42 Å². The molecule has 0 bridgehead atoms. The summed E-state index contributed by atoms with van der Waals surface area (Å²) in [5.41, 5.74) is 3.47. The Kier molecular flexibility index (Phi) is 5.41. The lowest BCUT2D eigenvalue weighted by Crippen LogP contribution is -2.40. The van der Waals surface area contributed by atoms with Crippen LogP contribution in [-0.4, -0.2) is 24.1 Å². The molecule has 7 heteroatoms. The van der Waals surface area contributed by atoms with Crippen molar-refractivity contribution in [2.45, 2.75) is 51.5 Å². The van der Waals surface area contributed by atoms with Crippen molar-refractivity contribution in [2.24, 2.45) is 0 Å². The SMILES string of the molecule is Cc1cc(C)cc(Cc2noc(-c3cccc(S(=O)(=O)NC(C)(C)C)c3)n2)c1. The molecule has 0 unspecified atom stereocenters. The van der Waals surface area contributed by atoms with Crippen LogP contribution in [0.5, 0.6) is 0 Å². The fourth-order valence-corrected chi connectivity index (χ4v) is 4.52. The molecular weight excluding hydrogens is 374 g/mol. The fourth-order valence-electron chi connectivity index (χ4n) is 3.05. The maximum absolute atomic E-state index is 12.6. The standard InChI is InChI=1S/C21H25N3O3S/c1-14-9-15(2)11-16(10-14)12-19-22-20(27-23-19)17-7-6-8-18(13-17)28(25,26)24-21(3,4)5/h6-11,13,24H,12H2,1-5H3. The Morgan fingerprint density at radius 1 is 1.04 bits per heavy atom. The number of hydrogen-bond acceptors (Lipinski definition) is 5. The van der Waals surface area contributed by atoms with Gasteiger partial charge < -0.3 is 4.52 Å². The van der Waals surface area contributed by atoms with Crippen LogP contribution in [-0.2, 0) is 16.4 Å². The molecule has 0 aliphatic heterocycles. The lowest BCUT2D eigenvalue weighted by molar-refractivity contribution is 0.424. The van der Waals surface area contributed by atoms with E-state index >= 15 is 0 Å². The van der Waals surface area contributed by atoms with Gasteiger partial charge in [-0.2, -0.15) is 4.98 Å². The van der Waals surface area contributed by atoms with Crippen LogP contribution in [0.15, 0.2) is 51.9 Å². The van der Waals surface area contributed by atoms with E-state index < -0.39 is 15.6 Å². The molecule has 3 rings (SSSR count). The van der Waals surface area contributed by atoms with E-state index in [1.54, 1.807) is 45.0 Å². The summed E-state index contributed by atoms with van der Waals surface area (Å²) in [7, 11) is -3.64. The summed E-state index contributed by atoms with van der Waals surface area (Å²) in [6.45, 7) is 9.49. The van der Waals surface area contributed by atoms with Crippen molar-refractivity contribution < 1.29 is 12.9 Å². The minimum Gasteiger partial charge on any atom is -0.334 e. The molecule has 0 spiro atoms. The van der Waals surface area contributed by atoms with Crippen molar-refractivity contribution in [2.75, 3.05) is 0 Å². The van der Waals surface area contributed by atoms with Gasteiger partial charge in [0.2, 0.25) is 10.0 Å². The van der Waals surface area contributed by atoms with Crippen LogP contribution in [0, 0.1) is 13.8 Å². The van der Waals surface area contributed by atoms with Gasteiger partial charge in [-0.1, -0.05) is 40.5 Å². The first kappa shape index (κ1) is 20.2. The fraction of sp³-hybridized carbons (Fsp3) is 0.333. The summed E-state index contributed by atoms with van der Waals surface area (Å²) < 4.78 is 33.1. The zero-order valence-corrected chi connectivity index (χ0v) is 17.6. The molecular formula is C21H25N3O3S. The third-order valence-electron chi connectivity index (χ3n) is 3.94. The summed E-state index contributed by atoms with van der Waals surface area (Å²) in [4.78, 5) is 4.60. The molecule has 0 atom stereocenters. The van der Waals surface area contributed by atoms with E-state index in [0.717, 1.165) is 5.56 Å². The zero-order valence-electron chi connectivity index (χ0n) is 16.8. The van der Waals surface area contributed by atoms with Gasteiger partial charge in [-0.15, -0.1) is 0 Å². The highest BCUT2D eigenvalue weighted by atomic mass is 32.2. The minimum absolute atomic E-state index is 0.161. The van der Waals surface area contributed by atoms with Gasteiger partial charge in [-0.3, -0.25) is 0 Å². The van der Waals surface area contributed by atoms with Gasteiger partial charge in [-0.05, 0) is 58.4 Å². The topological polar surface area (TPSA) is 85.1 Å². The van der Waals surface area contributed by atoms with Crippen molar-refractivity contribution in [3.8, 4) is 11.5 Å². The van der Waals surface area contributed by atoms with Crippen molar-refractivity contribution in [3.63, 3.8) is 0 Å². The first-order chi connectivity index (χ1) is 13.0. The van der Waals surface area contributed by atoms with Crippen LogP contribution in [0.1, 0.15) is 43.3 Å². The van der Waals surface area contributed by atoms with Gasteiger partial charge in [-0.25, -0.2) is 13.1 Å². The second-order valence-corrected chi connectivity index (χ2v) is 9.75. The molecule has 1 heterocycles. The molecule has 0 aliphatic carbocycles. The summed E-state index contributed by atoms with van der Waals surface area (Å²) in [6.07, 6.45) is 0.551. The first-order valence-corrected chi connectivity index (χ1v) is 10.5. The lowest BCUT2D eigenvalue weighted by atomic mass is 10.1. The number of aromatic nitrogens is 2. The highest BCUT2D eigenvalue weighted by molar-refractivity contribution is 7.89. The minimum atomic E-state index is -3.64. The normalized spacial score (nSPS) is 12.3. The van der Waals surface area contributed by atoms with Gasteiger partial charge in [0.05, 0.1) is 4.90 Å². The summed E-state index contributed by atoms with van der Waals surface area (Å²) in [6, 6.07) is 12.8. The quantitative estimate of drug-likeness (QED) is 0.700. The Labute approximate surface area is 166 Å². The van der Waals surface area contributed by atoms with E-state index in [1.807, 2.05) is 0 Å².